The lowest BCUT2D eigenvalue weighted by atomic mass is 10.1. The molecule has 0 aromatic carbocycles. The number of aromatic amines is 1. The third-order valence-electron chi connectivity index (χ3n) is 11.1. The highest BCUT2D eigenvalue weighted by Gasteiger charge is 2.47. The molecule has 9 rings (SSSR count). The first-order chi connectivity index (χ1) is 34.5. The normalized spacial score (nSPS) is 28.3. The molecular weight excluding hydrogens is 1080 g/mol. The summed E-state index contributed by atoms with van der Waals surface area (Å²) in [5.41, 5.74) is 15.3. The van der Waals surface area contributed by atoms with Crippen LogP contribution in [0.2, 0.25) is 0 Å². The number of aromatic nitrogens is 12. The molecule has 3 aliphatic heterocycles. The van der Waals surface area contributed by atoms with E-state index >= 15 is 0 Å². The molecular formula is C33H46N15O24P3-4. The molecule has 0 spiro atoms. The van der Waals surface area contributed by atoms with Crippen LogP contribution in [0.25, 0.3) is 33.5 Å². The molecule has 0 amide bonds. The average molecular weight is 1130 g/mol. The highest BCUT2D eigenvalue weighted by molar-refractivity contribution is 7.64. The maximum Gasteiger partial charge on any atom is 0.282 e. The van der Waals surface area contributed by atoms with Gasteiger partial charge < -0.3 is 101 Å². The Morgan fingerprint density at radius 2 is 0.973 bits per heavy atom. The summed E-state index contributed by atoms with van der Waals surface area (Å²) in [5, 5.41) is 78.0. The lowest BCUT2D eigenvalue weighted by Gasteiger charge is -2.37. The number of nitrogens with one attached hydrogen (secondary N) is 1. The molecule has 6 aromatic heterocycles. The number of nitrogens with two attached hydrogens (primary N) is 3. The smallest absolute Gasteiger partial charge is 0.282 e. The molecule has 3 saturated heterocycles. The van der Waals surface area contributed by atoms with Crippen LogP contribution in [-0.4, -0.2) is 173 Å². The predicted octanol–water partition coefficient (Wildman–Crippen LogP) is -9.58. The van der Waals surface area contributed by atoms with Gasteiger partial charge >= 0.3 is 0 Å². The Morgan fingerprint density at radius 1 is 0.600 bits per heavy atom. The zero-order chi connectivity index (χ0) is 54.7. The molecule has 3 aliphatic rings. The fourth-order valence-corrected chi connectivity index (χ4v) is 10.3. The minimum absolute atomic E-state index is 0. The lowest BCUT2D eigenvalue weighted by molar-refractivity contribution is -0.339. The number of aliphatic hydroxyl groups excluding tert-OH is 8. The Labute approximate surface area is 415 Å². The van der Waals surface area contributed by atoms with E-state index < -0.39 is 134 Å². The number of aliphatic hydroxyl groups is 8. The van der Waals surface area contributed by atoms with Crippen molar-refractivity contribution in [2.45, 2.75) is 81.0 Å². The van der Waals surface area contributed by atoms with E-state index in [0.717, 1.165) is 20.0 Å². The number of rotatable bonds is 12. The van der Waals surface area contributed by atoms with Crippen LogP contribution in [0.3, 0.4) is 0 Å². The SMILES string of the molecule is C.Cn1c(N)nc2c(ncn2[C@@H]2O[C@H](CO)[C@H](O)C2O)c1=O.Cn1c(N)nc2c(ncn2[C@@H]2O[C@H](COP(=O)([O-])OP(=O)([O-])OP(=O)([O-])[O-])[C@H](O)C2O)c1=O.Nc1nc2c(ncn2[C@@H]2O[C@H](CO)[C@H](O)C2O)c(=O)[nH]1. The summed E-state index contributed by atoms with van der Waals surface area (Å²) in [7, 11) is -15.4. The molecule has 6 aromatic rings. The van der Waals surface area contributed by atoms with Crippen LogP contribution in [0.4, 0.5) is 17.8 Å². The summed E-state index contributed by atoms with van der Waals surface area (Å²) in [6, 6.07) is 0. The highest BCUT2D eigenvalue weighted by atomic mass is 31.3. The molecule has 75 heavy (non-hydrogen) atoms. The molecule has 3 fully saturated rings. The van der Waals surface area contributed by atoms with Crippen molar-refractivity contribution >= 4 is 74.8 Å². The zero-order valence-electron chi connectivity index (χ0n) is 37.4. The van der Waals surface area contributed by atoms with E-state index in [2.05, 4.69) is 48.0 Å². The number of H-pyrrole nitrogens is 1. The molecule has 15 N–H and O–H groups in total. The maximum absolute atomic E-state index is 12.2. The van der Waals surface area contributed by atoms with Crippen molar-refractivity contribution in [1.82, 2.24) is 57.7 Å². The fraction of sp³-hybridized carbons (Fsp3) is 0.545. The van der Waals surface area contributed by atoms with Crippen LogP contribution >= 0.6 is 23.5 Å². The molecule has 0 aliphatic carbocycles. The summed E-state index contributed by atoms with van der Waals surface area (Å²) in [6.45, 7) is -2.03. The predicted molar refractivity (Wildman–Crippen MR) is 237 cm³/mol. The number of ether oxygens (including phenoxy) is 3. The van der Waals surface area contributed by atoms with Gasteiger partial charge in [0.2, 0.25) is 17.8 Å². The molecule has 416 valence electrons. The number of nitrogens with zero attached hydrogens (tertiary/aromatic N) is 11. The quantitative estimate of drug-likeness (QED) is 0.0506. The third-order valence-corrected chi connectivity index (χ3v) is 14.8. The van der Waals surface area contributed by atoms with Gasteiger partial charge in [0.15, 0.2) is 52.2 Å². The largest absolute Gasteiger partial charge is 0.790 e. The molecule has 9 heterocycles. The minimum Gasteiger partial charge on any atom is -0.790 e. The monoisotopic (exact) mass is 1130 g/mol. The second-order valence-electron chi connectivity index (χ2n) is 15.9. The van der Waals surface area contributed by atoms with Crippen molar-refractivity contribution in [2.24, 2.45) is 14.1 Å². The Kier molecular flexibility index (Phi) is 17.4. The van der Waals surface area contributed by atoms with Crippen molar-refractivity contribution in [3.63, 3.8) is 0 Å². The number of phosphoric ester groups is 1. The first kappa shape index (κ1) is 58.7. The molecule has 0 bridgehead atoms. The maximum atomic E-state index is 12.2. The van der Waals surface area contributed by atoms with Gasteiger partial charge in [-0.2, -0.15) is 15.0 Å². The fourth-order valence-electron chi connectivity index (χ4n) is 7.39. The van der Waals surface area contributed by atoms with Crippen molar-refractivity contribution in [1.29, 1.82) is 0 Å². The number of fused-ring (bicyclic) bond motifs is 3. The Hall–Kier alpha value is -5.58. The second kappa shape index (κ2) is 22.2. The third kappa shape index (κ3) is 11.9. The number of anilines is 3. The highest BCUT2D eigenvalue weighted by Crippen LogP contribution is 2.60. The van der Waals surface area contributed by atoms with Crippen molar-refractivity contribution in [3.8, 4) is 0 Å². The zero-order valence-corrected chi connectivity index (χ0v) is 40.1. The lowest BCUT2D eigenvalue weighted by Crippen LogP contribution is -2.34. The van der Waals surface area contributed by atoms with E-state index in [1.165, 1.54) is 35.9 Å². The Morgan fingerprint density at radius 3 is 1.36 bits per heavy atom. The summed E-state index contributed by atoms with van der Waals surface area (Å²) < 4.78 is 65.6. The van der Waals surface area contributed by atoms with Gasteiger partial charge in [-0.25, -0.2) is 19.3 Å². The molecule has 14 atom stereocenters. The Balaban J connectivity index is 0.000000190. The standard InChI is InChI=1S/C11H18N5O14P3.C11H15N5O5.C10H13N5O5.CH4/c1-15-9(19)5-8(14-11(15)12)16(3-13-5)10-7(18)6(17)4(28-10)2-27-32(23,24)30-33(25,26)29-31(20,21)22;1-15-9(20)5-8(14-11(15)12)16(3-13-5)10-7(19)6(18)4(2-17)21-10;11-10-13-7-4(8(19)14-10)12-2-15(7)9-6(18)5(17)3(1-16)20-9;/h3-4,6-7,10,17-18H,2H2,1H3,(H2,12,14)(H,23,24)(H,25,26)(H2,20,21,22);3-4,6-7,10,17-19H,2H2,1H3,(H2,12,14);2-3,5-6,9,16-18H,1H2,(H3,11,13,14,19);1H4/p-4/t2*4-,6+,7?,10-;3-,5+,6?,9-;/m111./s1. The van der Waals surface area contributed by atoms with Crippen LogP contribution in [0.5, 0.6) is 0 Å². The summed E-state index contributed by atoms with van der Waals surface area (Å²) in [4.78, 5) is 105. The van der Waals surface area contributed by atoms with Crippen LogP contribution in [0, 0.1) is 0 Å². The van der Waals surface area contributed by atoms with Gasteiger partial charge in [0, 0.05) is 14.1 Å². The van der Waals surface area contributed by atoms with Gasteiger partial charge in [0.05, 0.1) is 46.6 Å². The van der Waals surface area contributed by atoms with Gasteiger partial charge in [-0.1, -0.05) is 7.43 Å². The first-order valence-electron chi connectivity index (χ1n) is 20.6. The van der Waals surface area contributed by atoms with Gasteiger partial charge in [-0.3, -0.25) is 55.6 Å². The number of hydrogen-bond acceptors (Lipinski definition) is 33. The first-order valence-corrected chi connectivity index (χ1v) is 25.0. The van der Waals surface area contributed by atoms with E-state index in [1.54, 1.807) is 0 Å². The summed E-state index contributed by atoms with van der Waals surface area (Å²) in [6.07, 6.45) is -12.0. The number of nitrogen functional groups attached to an aromatic ring is 3. The van der Waals surface area contributed by atoms with Crippen molar-refractivity contribution in [3.05, 3.63) is 50.0 Å². The van der Waals surface area contributed by atoms with Gasteiger partial charge in [-0.05, 0) is 0 Å². The van der Waals surface area contributed by atoms with Gasteiger partial charge in [0.25, 0.3) is 32.3 Å². The minimum atomic E-state index is -6.17. The van der Waals surface area contributed by atoms with E-state index in [-0.39, 0.29) is 58.8 Å². The van der Waals surface area contributed by atoms with E-state index in [1.807, 2.05) is 0 Å². The number of hydrogen-bond donors (Lipinski definition) is 12. The summed E-state index contributed by atoms with van der Waals surface area (Å²) >= 11 is 0. The van der Waals surface area contributed by atoms with E-state index in [0.29, 0.717) is 0 Å². The molecule has 0 radical (unpaired) electrons. The van der Waals surface area contributed by atoms with E-state index in [9.17, 15) is 78.3 Å². The topological polar surface area (TPSA) is 608 Å². The van der Waals surface area contributed by atoms with Gasteiger partial charge in [-0.15, -0.1) is 0 Å². The molecule has 5 unspecified atom stereocenters. The van der Waals surface area contributed by atoms with Crippen LogP contribution < -0.4 is 53.5 Å². The average Bonchev–Trinajstić information content (AvgIpc) is 4.17. The van der Waals surface area contributed by atoms with Crippen LogP contribution in [0.1, 0.15) is 26.1 Å². The number of phosphoric acid groups is 3. The number of imidazole rings is 3. The van der Waals surface area contributed by atoms with Gasteiger partial charge in [0.1, 0.15) is 54.9 Å². The van der Waals surface area contributed by atoms with E-state index in [4.69, 9.17) is 41.6 Å². The molecule has 39 nitrogen and oxygen atoms in total. The molecule has 42 heteroatoms. The van der Waals surface area contributed by atoms with Crippen molar-refractivity contribution in [2.75, 3.05) is 37.0 Å². The molecule has 0 saturated carbocycles. The summed E-state index contributed by atoms with van der Waals surface area (Å²) in [5.74, 6) is -0.325. The van der Waals surface area contributed by atoms with Crippen molar-refractivity contribution < 1.29 is 101 Å². The second-order valence-corrected chi connectivity index (χ2v) is 20.1. The van der Waals surface area contributed by atoms with Crippen LogP contribution in [0.15, 0.2) is 33.4 Å². The van der Waals surface area contributed by atoms with Crippen LogP contribution in [-0.2, 0) is 55.1 Å². The Bertz CT molecular complexity index is 3380.